The van der Waals surface area contributed by atoms with Gasteiger partial charge < -0.3 is 31.1 Å². The van der Waals surface area contributed by atoms with Crippen molar-refractivity contribution in [3.05, 3.63) is 185 Å². The van der Waals surface area contributed by atoms with Crippen LogP contribution < -0.4 is 30.9 Å². The second kappa shape index (κ2) is 21.7. The van der Waals surface area contributed by atoms with Crippen molar-refractivity contribution in [1.29, 1.82) is 0 Å². The van der Waals surface area contributed by atoms with Gasteiger partial charge in [0.25, 0.3) is 5.91 Å². The molecule has 5 N–H and O–H groups in total. The Morgan fingerprint density at radius 3 is 2.12 bits per heavy atom. The zero-order chi connectivity index (χ0) is 46.6. The Morgan fingerprint density at radius 1 is 0.788 bits per heavy atom. The van der Waals surface area contributed by atoms with Gasteiger partial charge in [-0.2, -0.15) is 0 Å². The number of amides is 5. The zero-order valence-corrected chi connectivity index (χ0v) is 37.0. The number of ether oxygens (including phenoxy) is 1. The number of aliphatic carboxylic acids is 1. The first-order chi connectivity index (χ1) is 31.9. The molecular formula is C52H49N5O8S. The molecular weight excluding hydrogens is 855 g/mol. The smallest absolute Gasteiger partial charge is 0.326 e. The average Bonchev–Trinajstić information content (AvgIpc) is 3.88. The Hall–Kier alpha value is -7.84. The van der Waals surface area contributed by atoms with Gasteiger partial charge in [0.05, 0.1) is 6.54 Å². The molecule has 0 saturated carbocycles. The topological polar surface area (TPSA) is 183 Å². The van der Waals surface area contributed by atoms with Gasteiger partial charge in [0.15, 0.2) is 6.61 Å². The van der Waals surface area contributed by atoms with Gasteiger partial charge in [-0.3, -0.25) is 28.9 Å². The van der Waals surface area contributed by atoms with E-state index in [1.807, 2.05) is 60.0 Å². The van der Waals surface area contributed by atoms with Crippen molar-refractivity contribution in [2.24, 2.45) is 0 Å². The fourth-order valence-corrected chi connectivity index (χ4v) is 8.40. The fraction of sp³-hybridized carbons (Fsp3) is 0.192. The van der Waals surface area contributed by atoms with Crippen molar-refractivity contribution in [3.8, 4) is 16.9 Å². The van der Waals surface area contributed by atoms with Crippen LogP contribution in [0.2, 0.25) is 0 Å². The number of aryl methyl sites for hydroxylation is 1. The summed E-state index contributed by atoms with van der Waals surface area (Å²) in [6.45, 7) is 4.83. The number of hydrogen-bond acceptors (Lipinski definition) is 8. The van der Waals surface area contributed by atoms with Gasteiger partial charge in [-0.05, 0) is 75.5 Å². The van der Waals surface area contributed by atoms with E-state index in [2.05, 4.69) is 27.8 Å². The van der Waals surface area contributed by atoms with Crippen LogP contribution in [-0.4, -0.2) is 77.9 Å². The molecule has 0 aliphatic carbocycles. The van der Waals surface area contributed by atoms with Crippen LogP contribution in [0.4, 0.5) is 5.69 Å². The summed E-state index contributed by atoms with van der Waals surface area (Å²) in [5.41, 5.74) is 5.17. The van der Waals surface area contributed by atoms with Crippen LogP contribution in [-0.2, 0) is 48.0 Å². The molecule has 6 aromatic rings. The Bertz CT molecular complexity index is 2680. The number of carboxylic acids is 1. The predicted octanol–water partition coefficient (Wildman–Crippen LogP) is 5.91. The predicted molar refractivity (Wildman–Crippen MR) is 254 cm³/mol. The lowest BCUT2D eigenvalue weighted by Gasteiger charge is -2.33. The number of hydrogen-bond donors (Lipinski definition) is 5. The summed E-state index contributed by atoms with van der Waals surface area (Å²) >= 11 is 1.33. The summed E-state index contributed by atoms with van der Waals surface area (Å²) in [6.07, 6.45) is -0.108. The highest BCUT2D eigenvalue weighted by Crippen LogP contribution is 2.27. The second-order valence-electron chi connectivity index (χ2n) is 15.8. The normalized spacial score (nSPS) is 17.7. The molecule has 13 nitrogen and oxygen atoms in total. The highest BCUT2D eigenvalue weighted by molar-refractivity contribution is 7.11. The maximum Gasteiger partial charge on any atom is 0.326 e. The summed E-state index contributed by atoms with van der Waals surface area (Å²) < 4.78 is 5.84. The number of nitrogens with one attached hydrogen (secondary N) is 4. The van der Waals surface area contributed by atoms with E-state index in [0.717, 1.165) is 11.1 Å². The first-order valence-corrected chi connectivity index (χ1v) is 22.2. The minimum Gasteiger partial charge on any atom is -0.484 e. The molecule has 0 fully saturated rings. The summed E-state index contributed by atoms with van der Waals surface area (Å²) in [6, 6.07) is 37.9. The number of nitrogens with zero attached hydrogens (tertiary/aromatic N) is 1. The third-order valence-corrected chi connectivity index (χ3v) is 12.1. The molecule has 0 saturated heterocycles. The van der Waals surface area contributed by atoms with E-state index in [1.54, 1.807) is 97.9 Å². The molecule has 336 valence electrons. The Kier molecular flexibility index (Phi) is 15.2. The number of carbonyl (C=O) groups is 6. The van der Waals surface area contributed by atoms with Gasteiger partial charge in [0, 0.05) is 29.8 Å². The van der Waals surface area contributed by atoms with Crippen LogP contribution >= 0.6 is 11.3 Å². The quantitative estimate of drug-likeness (QED) is 0.0995. The van der Waals surface area contributed by atoms with Crippen molar-refractivity contribution in [3.63, 3.8) is 0 Å². The number of anilines is 1. The second-order valence-corrected chi connectivity index (χ2v) is 16.8. The molecule has 3 heterocycles. The highest BCUT2D eigenvalue weighted by Gasteiger charge is 2.36. The lowest BCUT2D eigenvalue weighted by atomic mass is 9.99. The SMILES string of the molecule is C=C(c1cccs1)[C@@H]1NC(=O)COc2ccc(cc2)C[C@@H](C(=O)N[C@@H](Cc2ccccc2)C(=O)O)N(c2ccccc2C)C(=O)CNC(=O)[C@H](Cc2ccc(-c3ccccc3)cc2)NC1=O. The van der Waals surface area contributed by atoms with E-state index >= 15 is 0 Å². The first kappa shape index (κ1) is 46.2. The van der Waals surface area contributed by atoms with Crippen LogP contribution in [0.25, 0.3) is 16.7 Å². The third kappa shape index (κ3) is 11.8. The van der Waals surface area contributed by atoms with E-state index in [-0.39, 0.29) is 19.3 Å². The van der Waals surface area contributed by atoms with Crippen LogP contribution in [0.1, 0.15) is 27.1 Å². The summed E-state index contributed by atoms with van der Waals surface area (Å²) in [5, 5.41) is 23.1. The van der Waals surface area contributed by atoms with Gasteiger partial charge >= 0.3 is 5.97 Å². The molecule has 1 aromatic heterocycles. The standard InChI is InChI=1S/C52H49N5O8S/c1-33-12-9-10-17-43(33)57-44(50(61)55-42(52(63)64)29-35-13-5-3-6-14-35)30-37-21-25-40(26-22-37)65-32-46(58)56-48(34(2)45-18-11-27-66-45)51(62)54-41(49(60)53-31-47(57)59)28-36-19-23-39(24-20-36)38-15-7-4-8-16-38/h3-27,41-42,44,48H,2,28-32H2,1H3,(H,53,60)(H,54,62)(H,55,61)(H,56,58)(H,63,64)/t41-,42-,44-,48-/m0/s1. The summed E-state index contributed by atoms with van der Waals surface area (Å²) in [7, 11) is 0. The molecule has 5 amide bonds. The molecule has 14 heteroatoms. The molecule has 2 aliphatic rings. The van der Waals surface area contributed by atoms with Crippen molar-refractivity contribution in [2.45, 2.75) is 50.4 Å². The van der Waals surface area contributed by atoms with Crippen LogP contribution in [0.5, 0.6) is 5.75 Å². The van der Waals surface area contributed by atoms with Gasteiger partial charge in [0.2, 0.25) is 23.6 Å². The molecule has 0 spiro atoms. The average molecular weight is 904 g/mol. The van der Waals surface area contributed by atoms with E-state index < -0.39 is 72.8 Å². The van der Waals surface area contributed by atoms with Gasteiger partial charge in [-0.15, -0.1) is 11.3 Å². The maximum atomic E-state index is 14.8. The number of carboxylic acid groups (broad SMARTS) is 1. The molecule has 5 aromatic carbocycles. The van der Waals surface area contributed by atoms with Crippen molar-refractivity contribution in [1.82, 2.24) is 21.3 Å². The Labute approximate surface area is 386 Å². The Balaban J connectivity index is 1.25. The summed E-state index contributed by atoms with van der Waals surface area (Å²) in [5.74, 6) is -4.46. The lowest BCUT2D eigenvalue weighted by molar-refractivity contribution is -0.142. The van der Waals surface area contributed by atoms with E-state index in [1.165, 1.54) is 16.2 Å². The zero-order valence-electron chi connectivity index (χ0n) is 36.1. The van der Waals surface area contributed by atoms with Gasteiger partial charge in [-0.25, -0.2) is 4.79 Å². The molecule has 66 heavy (non-hydrogen) atoms. The van der Waals surface area contributed by atoms with E-state index in [0.29, 0.717) is 44.1 Å². The first-order valence-electron chi connectivity index (χ1n) is 21.3. The minimum absolute atomic E-state index is 0.00536. The number of carbonyl (C=O) groups excluding carboxylic acids is 5. The Morgan fingerprint density at radius 2 is 1.45 bits per heavy atom. The van der Waals surface area contributed by atoms with Crippen molar-refractivity contribution in [2.75, 3.05) is 18.1 Å². The van der Waals surface area contributed by atoms with Crippen molar-refractivity contribution >= 4 is 58.1 Å². The molecule has 4 atom stereocenters. The molecule has 0 unspecified atom stereocenters. The largest absolute Gasteiger partial charge is 0.484 e. The van der Waals surface area contributed by atoms with Crippen LogP contribution in [0.3, 0.4) is 0 Å². The minimum atomic E-state index is -1.35. The lowest BCUT2D eigenvalue weighted by Crippen LogP contribution is -2.58. The third-order valence-electron chi connectivity index (χ3n) is 11.2. The maximum absolute atomic E-state index is 14.8. The number of para-hydroxylation sites is 1. The number of benzene rings is 5. The van der Waals surface area contributed by atoms with E-state index in [4.69, 9.17) is 4.74 Å². The fourth-order valence-electron chi connectivity index (χ4n) is 7.67. The molecule has 0 radical (unpaired) electrons. The van der Waals surface area contributed by atoms with Crippen molar-refractivity contribution < 1.29 is 38.6 Å². The van der Waals surface area contributed by atoms with Gasteiger partial charge in [-0.1, -0.05) is 128 Å². The number of rotatable bonds is 11. The summed E-state index contributed by atoms with van der Waals surface area (Å²) in [4.78, 5) is 86.2. The number of thiophene rings is 1. The monoisotopic (exact) mass is 903 g/mol. The van der Waals surface area contributed by atoms with Crippen LogP contribution in [0.15, 0.2) is 158 Å². The van der Waals surface area contributed by atoms with Gasteiger partial charge in [0.1, 0.15) is 29.9 Å². The molecule has 2 bridgehead atoms. The molecule has 8 rings (SSSR count). The van der Waals surface area contributed by atoms with E-state index in [9.17, 15) is 33.9 Å². The highest BCUT2D eigenvalue weighted by atomic mass is 32.1. The molecule has 2 aliphatic heterocycles. The number of fused-ring (bicyclic) bond motifs is 16. The van der Waals surface area contributed by atoms with Crippen LogP contribution in [0, 0.1) is 6.92 Å².